The van der Waals surface area contributed by atoms with Crippen LogP contribution in [-0.4, -0.2) is 14.1 Å². The third kappa shape index (κ3) is 2.32. The predicted octanol–water partition coefficient (Wildman–Crippen LogP) is 2.81. The lowest BCUT2D eigenvalue weighted by Crippen LogP contribution is -2.06. The fourth-order valence-corrected chi connectivity index (χ4v) is 1.12. The number of hydrogen-bond acceptors (Lipinski definition) is 2. The van der Waals surface area contributed by atoms with Crippen LogP contribution in [-0.2, 0) is 5.88 Å². The maximum absolute atomic E-state index is 5.64. The molecule has 0 aliphatic rings. The lowest BCUT2D eigenvalue weighted by molar-refractivity contribution is 0.527. The molecule has 0 saturated heterocycles. The van der Waals surface area contributed by atoms with E-state index in [4.69, 9.17) is 16.0 Å². The molecule has 1 heterocycles. The molecular formula is C8H13Cl2NO. The molecule has 0 fully saturated rings. The quantitative estimate of drug-likeness (QED) is 0.698. The first-order chi connectivity index (χ1) is 5.15. The van der Waals surface area contributed by atoms with Crippen molar-refractivity contribution in [3.05, 3.63) is 17.4 Å². The molecule has 0 bridgehead atoms. The van der Waals surface area contributed by atoms with E-state index in [0.29, 0.717) is 5.88 Å². The third-order valence-electron chi connectivity index (χ3n) is 1.57. The van der Waals surface area contributed by atoms with Crippen molar-refractivity contribution in [3.8, 4) is 0 Å². The van der Waals surface area contributed by atoms with Crippen molar-refractivity contribution in [1.82, 2.24) is 0 Å². The highest BCUT2D eigenvalue weighted by Crippen LogP contribution is 2.22. The van der Waals surface area contributed by atoms with Crippen LogP contribution in [0.2, 0.25) is 0 Å². The van der Waals surface area contributed by atoms with Gasteiger partial charge in [0.2, 0.25) is 0 Å². The molecule has 4 heteroatoms. The van der Waals surface area contributed by atoms with Gasteiger partial charge >= 0.3 is 0 Å². The Morgan fingerprint density at radius 3 is 2.33 bits per heavy atom. The van der Waals surface area contributed by atoms with Crippen molar-refractivity contribution in [3.63, 3.8) is 0 Å². The molecule has 2 nitrogen and oxygen atoms in total. The molecule has 0 aromatic carbocycles. The zero-order valence-electron chi connectivity index (χ0n) is 7.43. The van der Waals surface area contributed by atoms with E-state index in [9.17, 15) is 0 Å². The Bertz CT molecular complexity index is 245. The number of furan rings is 1. The average Bonchev–Trinajstić information content (AvgIpc) is 2.31. The summed E-state index contributed by atoms with van der Waals surface area (Å²) in [4.78, 5) is 1.92. The lowest BCUT2D eigenvalue weighted by Gasteiger charge is -2.05. The molecule has 0 N–H and O–H groups in total. The van der Waals surface area contributed by atoms with Crippen molar-refractivity contribution in [2.45, 2.75) is 12.8 Å². The second kappa shape index (κ2) is 4.63. The molecule has 0 amide bonds. The minimum atomic E-state index is 0. The fourth-order valence-electron chi connectivity index (χ4n) is 0.855. The fraction of sp³-hybridized carbons (Fsp3) is 0.500. The zero-order valence-corrected chi connectivity index (χ0v) is 9.00. The van der Waals surface area contributed by atoms with Crippen molar-refractivity contribution in [2.75, 3.05) is 19.0 Å². The summed E-state index contributed by atoms with van der Waals surface area (Å²) >= 11 is 5.64. The summed E-state index contributed by atoms with van der Waals surface area (Å²) < 4.78 is 5.42. The lowest BCUT2D eigenvalue weighted by atomic mass is 10.3. The van der Waals surface area contributed by atoms with Crippen LogP contribution in [0.15, 0.2) is 10.5 Å². The molecule has 0 unspecified atom stereocenters. The Kier molecular flexibility index (Phi) is 4.50. The smallest absolute Gasteiger partial charge is 0.195 e. The Morgan fingerprint density at radius 2 is 2.08 bits per heavy atom. The van der Waals surface area contributed by atoms with Crippen LogP contribution >= 0.6 is 24.0 Å². The molecule has 1 rings (SSSR count). The van der Waals surface area contributed by atoms with Gasteiger partial charge in [0.15, 0.2) is 5.88 Å². The van der Waals surface area contributed by atoms with Gasteiger partial charge in [0.05, 0.1) is 5.88 Å². The third-order valence-corrected chi connectivity index (χ3v) is 1.81. The SMILES string of the molecule is Cc1cc(N(C)C)oc1CCl.Cl. The van der Waals surface area contributed by atoms with Crippen LogP contribution in [0.5, 0.6) is 0 Å². The largest absolute Gasteiger partial charge is 0.444 e. The maximum Gasteiger partial charge on any atom is 0.195 e. The van der Waals surface area contributed by atoms with E-state index in [-0.39, 0.29) is 12.4 Å². The molecule has 0 saturated carbocycles. The van der Waals surface area contributed by atoms with Gasteiger partial charge in [0.1, 0.15) is 5.76 Å². The van der Waals surface area contributed by atoms with Gasteiger partial charge in [-0.3, -0.25) is 0 Å². The highest BCUT2D eigenvalue weighted by atomic mass is 35.5. The Balaban J connectivity index is 0.00000121. The summed E-state index contributed by atoms with van der Waals surface area (Å²) in [7, 11) is 3.88. The van der Waals surface area contributed by atoms with Crippen molar-refractivity contribution in [1.29, 1.82) is 0 Å². The summed E-state index contributed by atoms with van der Waals surface area (Å²) in [5.41, 5.74) is 1.11. The van der Waals surface area contributed by atoms with E-state index in [2.05, 4.69) is 0 Å². The van der Waals surface area contributed by atoms with Gasteiger partial charge in [-0.25, -0.2) is 0 Å². The molecule has 0 atom stereocenters. The number of anilines is 1. The standard InChI is InChI=1S/C8H12ClNO.ClH/c1-6-4-8(10(2)3)11-7(6)5-9;/h4H,5H2,1-3H3;1H. The van der Waals surface area contributed by atoms with Crippen LogP contribution in [0, 0.1) is 6.92 Å². The van der Waals surface area contributed by atoms with Crippen LogP contribution in [0.25, 0.3) is 0 Å². The van der Waals surface area contributed by atoms with Crippen LogP contribution in [0.1, 0.15) is 11.3 Å². The summed E-state index contributed by atoms with van der Waals surface area (Å²) in [6.45, 7) is 1.99. The topological polar surface area (TPSA) is 16.4 Å². The molecule has 12 heavy (non-hydrogen) atoms. The van der Waals surface area contributed by atoms with Gasteiger partial charge in [-0.2, -0.15) is 0 Å². The maximum atomic E-state index is 5.64. The molecular weight excluding hydrogens is 197 g/mol. The monoisotopic (exact) mass is 209 g/mol. The van der Waals surface area contributed by atoms with E-state index in [1.54, 1.807) is 0 Å². The van der Waals surface area contributed by atoms with Gasteiger partial charge < -0.3 is 9.32 Å². The van der Waals surface area contributed by atoms with Gasteiger partial charge in [-0.15, -0.1) is 24.0 Å². The predicted molar refractivity (Wildman–Crippen MR) is 54.6 cm³/mol. The highest BCUT2D eigenvalue weighted by Gasteiger charge is 2.06. The first-order valence-corrected chi connectivity index (χ1v) is 4.01. The Labute approximate surface area is 83.9 Å². The minimum Gasteiger partial charge on any atom is -0.444 e. The van der Waals surface area contributed by atoms with Gasteiger partial charge in [-0.05, 0) is 12.5 Å². The first-order valence-electron chi connectivity index (χ1n) is 3.47. The van der Waals surface area contributed by atoms with E-state index in [1.165, 1.54) is 0 Å². The van der Waals surface area contributed by atoms with E-state index >= 15 is 0 Å². The Hall–Kier alpha value is -0.340. The van der Waals surface area contributed by atoms with Crippen LogP contribution in [0.4, 0.5) is 5.88 Å². The summed E-state index contributed by atoms with van der Waals surface area (Å²) in [5, 5.41) is 0. The van der Waals surface area contributed by atoms with Crippen LogP contribution in [0.3, 0.4) is 0 Å². The van der Waals surface area contributed by atoms with Gasteiger partial charge in [-0.1, -0.05) is 0 Å². The number of halogens is 2. The second-order valence-electron chi connectivity index (χ2n) is 2.72. The summed E-state index contributed by atoms with van der Waals surface area (Å²) in [5.74, 6) is 2.16. The van der Waals surface area contributed by atoms with Crippen molar-refractivity contribution < 1.29 is 4.42 Å². The van der Waals surface area contributed by atoms with E-state index in [1.807, 2.05) is 32.0 Å². The molecule has 1 aromatic rings. The molecule has 70 valence electrons. The van der Waals surface area contributed by atoms with Gasteiger partial charge in [0.25, 0.3) is 0 Å². The minimum absolute atomic E-state index is 0. The molecule has 0 spiro atoms. The molecule has 0 radical (unpaired) electrons. The molecule has 0 aliphatic carbocycles. The van der Waals surface area contributed by atoms with E-state index in [0.717, 1.165) is 17.2 Å². The number of aryl methyl sites for hydroxylation is 1. The summed E-state index contributed by atoms with van der Waals surface area (Å²) in [6.07, 6.45) is 0. The van der Waals surface area contributed by atoms with E-state index < -0.39 is 0 Å². The average molecular weight is 210 g/mol. The number of alkyl halides is 1. The van der Waals surface area contributed by atoms with Crippen molar-refractivity contribution >= 4 is 29.9 Å². The summed E-state index contributed by atoms with van der Waals surface area (Å²) in [6, 6.07) is 1.98. The van der Waals surface area contributed by atoms with Gasteiger partial charge in [0, 0.05) is 20.2 Å². The first kappa shape index (κ1) is 11.7. The van der Waals surface area contributed by atoms with Crippen molar-refractivity contribution in [2.24, 2.45) is 0 Å². The molecule has 1 aromatic heterocycles. The second-order valence-corrected chi connectivity index (χ2v) is 2.99. The zero-order chi connectivity index (χ0) is 8.43. The highest BCUT2D eigenvalue weighted by molar-refractivity contribution is 6.16. The molecule has 0 aliphatic heterocycles. The number of nitrogens with zero attached hydrogens (tertiary/aromatic N) is 1. The number of rotatable bonds is 2. The normalized spacial score (nSPS) is 9.33. The number of hydrogen-bond donors (Lipinski definition) is 0. The van der Waals surface area contributed by atoms with Crippen LogP contribution < -0.4 is 4.90 Å². The Morgan fingerprint density at radius 1 is 1.50 bits per heavy atom.